The minimum atomic E-state index is -0.163. The van der Waals surface area contributed by atoms with Crippen LogP contribution in [0.25, 0.3) is 0 Å². The second-order valence-electron chi connectivity index (χ2n) is 8.47. The number of carbonyl (C=O) groups is 1. The number of aryl methyl sites for hydroxylation is 2. The summed E-state index contributed by atoms with van der Waals surface area (Å²) in [5, 5.41) is 2.95. The van der Waals surface area contributed by atoms with Crippen molar-refractivity contribution in [2.45, 2.75) is 39.3 Å². The Labute approximate surface area is 189 Å². The van der Waals surface area contributed by atoms with E-state index in [0.717, 1.165) is 48.9 Å². The summed E-state index contributed by atoms with van der Waals surface area (Å²) in [6, 6.07) is 16.3. The van der Waals surface area contributed by atoms with Gasteiger partial charge in [0, 0.05) is 31.7 Å². The smallest absolute Gasteiger partial charge is 0.254 e. The number of aromatic nitrogens is 2. The molecule has 0 radical (unpaired) electrons. The molecule has 6 nitrogen and oxygen atoms in total. The van der Waals surface area contributed by atoms with Gasteiger partial charge in [-0.15, -0.1) is 0 Å². The van der Waals surface area contributed by atoms with E-state index in [4.69, 9.17) is 9.72 Å². The fourth-order valence-electron chi connectivity index (χ4n) is 4.22. The predicted octanol–water partition coefficient (Wildman–Crippen LogP) is 4.02. The van der Waals surface area contributed by atoms with Gasteiger partial charge in [-0.3, -0.25) is 9.69 Å². The Morgan fingerprint density at radius 3 is 2.75 bits per heavy atom. The van der Waals surface area contributed by atoms with Crippen LogP contribution in [-0.2, 0) is 13.1 Å². The van der Waals surface area contributed by atoms with Crippen LogP contribution >= 0.6 is 0 Å². The van der Waals surface area contributed by atoms with Gasteiger partial charge in [0.15, 0.2) is 0 Å². The molecule has 1 fully saturated rings. The molecule has 2 aromatic carbocycles. The highest BCUT2D eigenvalue weighted by Gasteiger charge is 2.26. The summed E-state index contributed by atoms with van der Waals surface area (Å²) in [5.41, 5.74) is 4.84. The zero-order chi connectivity index (χ0) is 22.5. The van der Waals surface area contributed by atoms with Crippen LogP contribution in [-0.4, -0.2) is 41.0 Å². The minimum absolute atomic E-state index is 0.163. The third kappa shape index (κ3) is 5.32. The zero-order valence-electron chi connectivity index (χ0n) is 19.0. The molecule has 166 valence electrons. The standard InChI is InChI=1S/C26H30N4O2/c1-18-6-4-8-21(12-18)16-30-11-10-22(17-30)25-27-15-24(19(2)29-25)26(31)28-14-20-7-5-9-23(13-20)32-3/h4-9,12-13,15,22H,10-11,14,16-17H2,1-3H3,(H,28,31)/t22-/m1/s1. The van der Waals surface area contributed by atoms with Crippen molar-refractivity contribution < 1.29 is 9.53 Å². The molecule has 1 aromatic heterocycles. The maximum absolute atomic E-state index is 12.7. The largest absolute Gasteiger partial charge is 0.497 e. The molecule has 1 aliphatic rings. The Morgan fingerprint density at radius 2 is 1.97 bits per heavy atom. The van der Waals surface area contributed by atoms with Crippen molar-refractivity contribution in [2.24, 2.45) is 0 Å². The minimum Gasteiger partial charge on any atom is -0.497 e. The zero-order valence-corrected chi connectivity index (χ0v) is 19.0. The van der Waals surface area contributed by atoms with E-state index in [1.54, 1.807) is 13.3 Å². The molecule has 6 heteroatoms. The van der Waals surface area contributed by atoms with E-state index in [2.05, 4.69) is 46.4 Å². The maximum atomic E-state index is 12.7. The van der Waals surface area contributed by atoms with Crippen LogP contribution in [0, 0.1) is 13.8 Å². The van der Waals surface area contributed by atoms with Crippen LogP contribution in [0.5, 0.6) is 5.75 Å². The van der Waals surface area contributed by atoms with Gasteiger partial charge in [0.1, 0.15) is 11.6 Å². The van der Waals surface area contributed by atoms with Gasteiger partial charge in [-0.2, -0.15) is 0 Å². The highest BCUT2D eigenvalue weighted by atomic mass is 16.5. The monoisotopic (exact) mass is 430 g/mol. The van der Waals surface area contributed by atoms with Gasteiger partial charge in [-0.1, -0.05) is 42.0 Å². The fourth-order valence-corrected chi connectivity index (χ4v) is 4.22. The number of likely N-dealkylation sites (tertiary alicyclic amines) is 1. The van der Waals surface area contributed by atoms with Gasteiger partial charge in [0.25, 0.3) is 5.91 Å². The third-order valence-electron chi connectivity index (χ3n) is 5.96. The molecule has 1 atom stereocenters. The van der Waals surface area contributed by atoms with E-state index >= 15 is 0 Å². The number of nitrogens with zero attached hydrogens (tertiary/aromatic N) is 3. The lowest BCUT2D eigenvalue weighted by Gasteiger charge is -2.16. The van der Waals surface area contributed by atoms with E-state index in [-0.39, 0.29) is 5.91 Å². The molecule has 1 aliphatic heterocycles. The van der Waals surface area contributed by atoms with E-state index in [9.17, 15) is 4.79 Å². The molecule has 1 saturated heterocycles. The van der Waals surface area contributed by atoms with Gasteiger partial charge >= 0.3 is 0 Å². The first-order chi connectivity index (χ1) is 15.5. The molecule has 0 spiro atoms. The van der Waals surface area contributed by atoms with Crippen molar-refractivity contribution in [1.29, 1.82) is 0 Å². The van der Waals surface area contributed by atoms with Crippen molar-refractivity contribution in [3.63, 3.8) is 0 Å². The maximum Gasteiger partial charge on any atom is 0.254 e. The van der Waals surface area contributed by atoms with Crippen molar-refractivity contribution in [3.05, 3.63) is 88.5 Å². The van der Waals surface area contributed by atoms with E-state index in [1.165, 1.54) is 11.1 Å². The molecular weight excluding hydrogens is 400 g/mol. The third-order valence-corrected chi connectivity index (χ3v) is 5.96. The highest BCUT2D eigenvalue weighted by molar-refractivity contribution is 5.94. The highest BCUT2D eigenvalue weighted by Crippen LogP contribution is 2.26. The summed E-state index contributed by atoms with van der Waals surface area (Å²) in [5.74, 6) is 1.74. The number of hydrogen-bond acceptors (Lipinski definition) is 5. The number of amides is 1. The molecule has 1 N–H and O–H groups in total. The molecule has 0 unspecified atom stereocenters. The van der Waals surface area contributed by atoms with Crippen LogP contribution in [0.15, 0.2) is 54.7 Å². The number of rotatable bonds is 7. The van der Waals surface area contributed by atoms with Gasteiger partial charge < -0.3 is 10.1 Å². The van der Waals surface area contributed by atoms with Crippen LogP contribution in [0.4, 0.5) is 0 Å². The molecule has 0 aliphatic carbocycles. The van der Waals surface area contributed by atoms with Crippen molar-refractivity contribution in [2.75, 3.05) is 20.2 Å². The first kappa shape index (κ1) is 22.0. The molecule has 3 aromatic rings. The number of hydrogen-bond donors (Lipinski definition) is 1. The Balaban J connectivity index is 1.36. The van der Waals surface area contributed by atoms with Crippen molar-refractivity contribution in [1.82, 2.24) is 20.2 Å². The van der Waals surface area contributed by atoms with Crippen LogP contribution in [0.1, 0.15) is 50.9 Å². The first-order valence-corrected chi connectivity index (χ1v) is 11.0. The van der Waals surface area contributed by atoms with Crippen LogP contribution in [0.3, 0.4) is 0 Å². The molecule has 0 bridgehead atoms. The Kier molecular flexibility index (Phi) is 6.81. The second kappa shape index (κ2) is 9.92. The lowest BCUT2D eigenvalue weighted by Crippen LogP contribution is -2.25. The Morgan fingerprint density at radius 1 is 1.16 bits per heavy atom. The van der Waals surface area contributed by atoms with Gasteiger partial charge in [-0.05, 0) is 50.1 Å². The molecule has 1 amide bonds. The summed E-state index contributed by atoms with van der Waals surface area (Å²) in [6.45, 7) is 7.35. The first-order valence-electron chi connectivity index (χ1n) is 11.0. The summed E-state index contributed by atoms with van der Waals surface area (Å²) in [6.07, 6.45) is 2.70. The van der Waals surface area contributed by atoms with Crippen molar-refractivity contribution >= 4 is 5.91 Å². The number of ether oxygens (including phenoxy) is 1. The number of benzene rings is 2. The Hall–Kier alpha value is -3.25. The molecule has 4 rings (SSSR count). The molecule has 0 saturated carbocycles. The summed E-state index contributed by atoms with van der Waals surface area (Å²) < 4.78 is 5.24. The van der Waals surface area contributed by atoms with Gasteiger partial charge in [0.05, 0.1) is 18.4 Å². The number of methoxy groups -OCH3 is 1. The average molecular weight is 431 g/mol. The lowest BCUT2D eigenvalue weighted by atomic mass is 10.1. The Bertz CT molecular complexity index is 1100. The molecule has 32 heavy (non-hydrogen) atoms. The predicted molar refractivity (Wildman–Crippen MR) is 125 cm³/mol. The second-order valence-corrected chi connectivity index (χ2v) is 8.47. The SMILES string of the molecule is COc1cccc(CNC(=O)c2cnc([C@@H]3CCN(Cc4cccc(C)c4)C3)nc2C)c1. The fraction of sp³-hybridized carbons (Fsp3) is 0.346. The summed E-state index contributed by atoms with van der Waals surface area (Å²) >= 11 is 0. The number of carbonyl (C=O) groups excluding carboxylic acids is 1. The van der Waals surface area contributed by atoms with Crippen LogP contribution < -0.4 is 10.1 Å². The lowest BCUT2D eigenvalue weighted by molar-refractivity contribution is 0.0949. The normalized spacial score (nSPS) is 16.2. The van der Waals surface area contributed by atoms with Gasteiger partial charge in [-0.25, -0.2) is 9.97 Å². The summed E-state index contributed by atoms with van der Waals surface area (Å²) in [7, 11) is 1.63. The molecular formula is C26H30N4O2. The number of nitrogens with one attached hydrogen (secondary N) is 1. The van der Waals surface area contributed by atoms with E-state index in [1.807, 2.05) is 31.2 Å². The topological polar surface area (TPSA) is 67.3 Å². The van der Waals surface area contributed by atoms with E-state index < -0.39 is 0 Å². The summed E-state index contributed by atoms with van der Waals surface area (Å²) in [4.78, 5) is 24.4. The quantitative estimate of drug-likeness (QED) is 0.613. The van der Waals surface area contributed by atoms with Gasteiger partial charge in [0.2, 0.25) is 0 Å². The average Bonchev–Trinajstić information content (AvgIpc) is 3.26. The van der Waals surface area contributed by atoms with Crippen LogP contribution in [0.2, 0.25) is 0 Å². The van der Waals surface area contributed by atoms with Crippen molar-refractivity contribution in [3.8, 4) is 5.75 Å². The molecule has 2 heterocycles. The van der Waals surface area contributed by atoms with E-state index in [0.29, 0.717) is 18.0 Å².